The largest absolute Gasteiger partial charge is 0.424 e. The lowest BCUT2D eigenvalue weighted by atomic mass is 10.1. The van der Waals surface area contributed by atoms with Crippen LogP contribution in [0.2, 0.25) is 0 Å². The van der Waals surface area contributed by atoms with Gasteiger partial charge < -0.3 is 20.2 Å². The van der Waals surface area contributed by atoms with Crippen LogP contribution in [0.5, 0.6) is 0 Å². The van der Waals surface area contributed by atoms with Gasteiger partial charge in [-0.2, -0.15) is 0 Å². The average Bonchev–Trinajstić information content (AvgIpc) is 3.12. The number of rotatable bonds is 6. The number of amides is 1. The zero-order chi connectivity index (χ0) is 21.8. The van der Waals surface area contributed by atoms with Crippen molar-refractivity contribution in [2.24, 2.45) is 0 Å². The minimum Gasteiger partial charge on any atom is -0.407 e. The van der Waals surface area contributed by atoms with E-state index < -0.39 is 5.76 Å². The number of nitrogen functional groups attached to an aromatic ring is 1. The molecule has 8 nitrogen and oxygen atoms in total. The van der Waals surface area contributed by atoms with Crippen molar-refractivity contribution in [3.8, 4) is 17.0 Å². The Kier molecular flexibility index (Phi) is 5.63. The maximum atomic E-state index is 12.6. The van der Waals surface area contributed by atoms with Crippen LogP contribution < -0.4 is 16.8 Å². The summed E-state index contributed by atoms with van der Waals surface area (Å²) in [6.45, 7) is 0.158. The molecule has 0 saturated heterocycles. The Morgan fingerprint density at radius 1 is 1.13 bits per heavy atom. The molecule has 0 aliphatic heterocycles. The van der Waals surface area contributed by atoms with E-state index in [9.17, 15) is 9.59 Å². The molecule has 156 valence electrons. The Labute approximate surface area is 177 Å². The minimum absolute atomic E-state index is 0.158. The van der Waals surface area contributed by atoms with Crippen molar-refractivity contribution in [3.05, 3.63) is 94.9 Å². The number of hydrogen-bond donors (Lipinski definition) is 2. The monoisotopic (exact) mass is 416 g/mol. The van der Waals surface area contributed by atoms with Gasteiger partial charge in [0.05, 0.1) is 29.4 Å². The first-order valence-electron chi connectivity index (χ1n) is 9.49. The summed E-state index contributed by atoms with van der Waals surface area (Å²) in [5, 5.41) is 2.78. The fraction of sp³-hybridized carbons (Fsp3) is 0.0870. The molecule has 0 atom stereocenters. The van der Waals surface area contributed by atoms with Gasteiger partial charge in [0.15, 0.2) is 5.76 Å². The number of nitrogens with zero attached hydrogens (tertiary/aromatic N) is 2. The number of methoxy groups -OCH3 is 1. The van der Waals surface area contributed by atoms with Crippen molar-refractivity contribution < 1.29 is 13.9 Å². The lowest BCUT2D eigenvalue weighted by Gasteiger charge is -2.10. The first-order valence-corrected chi connectivity index (χ1v) is 9.49. The highest BCUT2D eigenvalue weighted by atomic mass is 16.5. The topological polar surface area (TPSA) is 112 Å². The number of carbonyl (C=O) groups excluding carboxylic acids is 1. The van der Waals surface area contributed by atoms with Crippen molar-refractivity contribution in [1.82, 2.24) is 9.55 Å². The fourth-order valence-electron chi connectivity index (χ4n) is 3.22. The van der Waals surface area contributed by atoms with Gasteiger partial charge in [-0.25, -0.2) is 9.36 Å². The Hall–Kier alpha value is -4.17. The normalized spacial score (nSPS) is 10.7. The smallest absolute Gasteiger partial charge is 0.407 e. The van der Waals surface area contributed by atoms with Crippen LogP contribution in [0.15, 0.2) is 82.3 Å². The third kappa shape index (κ3) is 4.10. The molecule has 2 heterocycles. The van der Waals surface area contributed by atoms with Gasteiger partial charge in [-0.3, -0.25) is 9.78 Å². The molecule has 0 radical (unpaired) electrons. The first-order chi connectivity index (χ1) is 15.1. The summed E-state index contributed by atoms with van der Waals surface area (Å²) in [7, 11) is 1.54. The van der Waals surface area contributed by atoms with E-state index in [2.05, 4.69) is 10.3 Å². The van der Waals surface area contributed by atoms with Crippen molar-refractivity contribution in [2.75, 3.05) is 18.2 Å². The summed E-state index contributed by atoms with van der Waals surface area (Å²) in [4.78, 5) is 29.3. The lowest BCUT2D eigenvalue weighted by Crippen LogP contribution is -2.16. The SMILES string of the molecule is COCc1c(-c2cccnc2)oc(=O)n1-c1ccc(C(=O)Nc2ccccc2N)cc1. The molecule has 0 aliphatic rings. The molecule has 0 unspecified atom stereocenters. The number of pyridine rings is 1. The van der Waals surface area contributed by atoms with Crippen LogP contribution >= 0.6 is 0 Å². The number of hydrogen-bond acceptors (Lipinski definition) is 6. The molecule has 0 saturated carbocycles. The number of carbonyl (C=O) groups is 1. The number of oxazole rings is 1. The van der Waals surface area contributed by atoms with Crippen LogP contribution in [0.1, 0.15) is 16.1 Å². The maximum absolute atomic E-state index is 12.6. The van der Waals surface area contributed by atoms with Crippen LogP contribution in [0.25, 0.3) is 17.0 Å². The fourth-order valence-corrected chi connectivity index (χ4v) is 3.22. The summed E-state index contributed by atoms with van der Waals surface area (Å²) >= 11 is 0. The summed E-state index contributed by atoms with van der Waals surface area (Å²) < 4.78 is 12.2. The van der Waals surface area contributed by atoms with Crippen LogP contribution in [0.4, 0.5) is 11.4 Å². The highest BCUT2D eigenvalue weighted by molar-refractivity contribution is 6.05. The zero-order valence-corrected chi connectivity index (χ0v) is 16.7. The predicted molar refractivity (Wildman–Crippen MR) is 117 cm³/mol. The molecule has 4 rings (SSSR count). The number of para-hydroxylation sites is 2. The first kappa shape index (κ1) is 20.1. The molecule has 2 aromatic carbocycles. The molecule has 31 heavy (non-hydrogen) atoms. The third-order valence-corrected chi connectivity index (χ3v) is 4.71. The van der Waals surface area contributed by atoms with Crippen LogP contribution in [0.3, 0.4) is 0 Å². The average molecular weight is 416 g/mol. The van der Waals surface area contributed by atoms with E-state index in [1.165, 1.54) is 11.7 Å². The van der Waals surface area contributed by atoms with Gasteiger partial charge in [0, 0.05) is 30.6 Å². The number of anilines is 2. The molecule has 2 aromatic heterocycles. The second kappa shape index (κ2) is 8.68. The predicted octanol–water partition coefficient (Wildman–Crippen LogP) is 3.47. The number of nitrogens with two attached hydrogens (primary N) is 1. The quantitative estimate of drug-likeness (QED) is 0.466. The minimum atomic E-state index is -0.555. The van der Waals surface area contributed by atoms with Gasteiger partial charge >= 0.3 is 5.76 Å². The summed E-state index contributed by atoms with van der Waals surface area (Å²) in [5.41, 5.74) is 9.08. The van der Waals surface area contributed by atoms with Crippen molar-refractivity contribution >= 4 is 17.3 Å². The van der Waals surface area contributed by atoms with E-state index in [4.69, 9.17) is 14.9 Å². The molecule has 8 heteroatoms. The van der Waals surface area contributed by atoms with E-state index in [1.54, 1.807) is 73.1 Å². The number of ether oxygens (including phenoxy) is 1. The second-order valence-electron chi connectivity index (χ2n) is 6.74. The summed E-state index contributed by atoms with van der Waals surface area (Å²) in [6, 6.07) is 17.2. The molecule has 0 fully saturated rings. The molecular weight excluding hydrogens is 396 g/mol. The number of benzene rings is 2. The molecular formula is C23H20N4O4. The Bertz CT molecular complexity index is 1260. The summed E-state index contributed by atoms with van der Waals surface area (Å²) in [6.07, 6.45) is 3.26. The highest BCUT2D eigenvalue weighted by Crippen LogP contribution is 2.25. The molecule has 0 bridgehead atoms. The standard InChI is InChI=1S/C23H20N4O4/c1-30-14-20-21(16-5-4-12-25-13-16)31-23(29)27(20)17-10-8-15(9-11-17)22(28)26-19-7-3-2-6-18(19)24/h2-13H,14,24H2,1H3,(H,26,28). The number of aromatic nitrogens is 2. The van der Waals surface area contributed by atoms with Gasteiger partial charge in [0.25, 0.3) is 5.91 Å². The van der Waals surface area contributed by atoms with Crippen molar-refractivity contribution in [1.29, 1.82) is 0 Å². The van der Waals surface area contributed by atoms with E-state index in [1.807, 2.05) is 0 Å². The van der Waals surface area contributed by atoms with E-state index in [0.717, 1.165) is 0 Å². The van der Waals surface area contributed by atoms with Crippen molar-refractivity contribution in [3.63, 3.8) is 0 Å². The molecule has 0 spiro atoms. The van der Waals surface area contributed by atoms with Crippen LogP contribution in [0, 0.1) is 0 Å². The molecule has 3 N–H and O–H groups in total. The van der Waals surface area contributed by atoms with E-state index in [-0.39, 0.29) is 12.5 Å². The lowest BCUT2D eigenvalue weighted by molar-refractivity contribution is 0.102. The van der Waals surface area contributed by atoms with E-state index in [0.29, 0.717) is 39.6 Å². The van der Waals surface area contributed by atoms with Gasteiger partial charge in [-0.1, -0.05) is 12.1 Å². The van der Waals surface area contributed by atoms with Crippen molar-refractivity contribution in [2.45, 2.75) is 6.61 Å². The molecule has 0 aliphatic carbocycles. The van der Waals surface area contributed by atoms with Gasteiger partial charge in [-0.05, 0) is 48.5 Å². The molecule has 4 aromatic rings. The number of nitrogens with one attached hydrogen (secondary N) is 1. The molecule has 1 amide bonds. The zero-order valence-electron chi connectivity index (χ0n) is 16.7. The Morgan fingerprint density at radius 3 is 2.58 bits per heavy atom. The Balaban J connectivity index is 1.66. The van der Waals surface area contributed by atoms with Crippen LogP contribution in [-0.4, -0.2) is 22.6 Å². The Morgan fingerprint density at radius 2 is 1.90 bits per heavy atom. The highest BCUT2D eigenvalue weighted by Gasteiger charge is 2.20. The second-order valence-corrected chi connectivity index (χ2v) is 6.74. The maximum Gasteiger partial charge on any atom is 0.424 e. The van der Waals surface area contributed by atoms with E-state index >= 15 is 0 Å². The van der Waals surface area contributed by atoms with Gasteiger partial charge in [0.1, 0.15) is 0 Å². The van der Waals surface area contributed by atoms with Gasteiger partial charge in [-0.15, -0.1) is 0 Å². The third-order valence-electron chi connectivity index (χ3n) is 4.71. The van der Waals surface area contributed by atoms with Gasteiger partial charge in [0.2, 0.25) is 0 Å². The van der Waals surface area contributed by atoms with Crippen LogP contribution in [-0.2, 0) is 11.3 Å². The summed E-state index contributed by atoms with van der Waals surface area (Å²) in [5.74, 6) is -0.473.